The van der Waals surface area contributed by atoms with E-state index in [1.807, 2.05) is 18.2 Å². The average molecular weight is 314 g/mol. The summed E-state index contributed by atoms with van der Waals surface area (Å²) in [6.45, 7) is 5.04. The maximum Gasteiger partial charge on any atom is 0.0501 e. The minimum atomic E-state index is 0.124. The molecule has 0 radical (unpaired) electrons. The van der Waals surface area contributed by atoms with Gasteiger partial charge in [-0.05, 0) is 31.5 Å². The molecule has 3 nitrogen and oxygen atoms in total. The van der Waals surface area contributed by atoms with Gasteiger partial charge >= 0.3 is 0 Å². The van der Waals surface area contributed by atoms with Crippen molar-refractivity contribution in [1.82, 2.24) is 9.80 Å². The molecule has 2 aliphatic heterocycles. The molecule has 0 bridgehead atoms. The van der Waals surface area contributed by atoms with Crippen molar-refractivity contribution >= 4 is 23.2 Å². The molecular formula is C15H21Cl2N3. The second-order valence-electron chi connectivity index (χ2n) is 5.71. The number of hydrogen-bond donors (Lipinski definition) is 1. The molecule has 1 aromatic carbocycles. The van der Waals surface area contributed by atoms with Crippen LogP contribution < -0.4 is 5.73 Å². The number of benzene rings is 1. The number of hydrogen-bond acceptors (Lipinski definition) is 3. The van der Waals surface area contributed by atoms with Gasteiger partial charge in [0.15, 0.2) is 0 Å². The van der Waals surface area contributed by atoms with E-state index in [4.69, 9.17) is 28.9 Å². The highest BCUT2D eigenvalue weighted by Gasteiger charge is 2.34. The van der Waals surface area contributed by atoms with Gasteiger partial charge in [0.1, 0.15) is 0 Å². The molecule has 2 N–H and O–H groups in total. The summed E-state index contributed by atoms with van der Waals surface area (Å²) in [5.41, 5.74) is 7.03. The molecule has 2 atom stereocenters. The van der Waals surface area contributed by atoms with E-state index in [2.05, 4.69) is 9.80 Å². The van der Waals surface area contributed by atoms with Crippen molar-refractivity contribution in [1.29, 1.82) is 0 Å². The van der Waals surface area contributed by atoms with Crippen molar-refractivity contribution in [3.8, 4) is 0 Å². The quantitative estimate of drug-likeness (QED) is 0.931. The van der Waals surface area contributed by atoms with E-state index in [-0.39, 0.29) is 6.04 Å². The molecular weight excluding hydrogens is 293 g/mol. The lowest BCUT2D eigenvalue weighted by molar-refractivity contribution is 0.0738. The standard InChI is InChI=1S/C15H21Cl2N3/c16-12-4-1-5-13(17)15(12)14(9-18)20-8-7-19-6-2-3-11(19)10-20/h1,4-5,11,14H,2-3,6-10,18H2. The van der Waals surface area contributed by atoms with Gasteiger partial charge in [0, 0.05) is 47.8 Å². The lowest BCUT2D eigenvalue weighted by Crippen LogP contribution is -2.52. The molecule has 5 heteroatoms. The zero-order valence-corrected chi connectivity index (χ0v) is 13.1. The predicted molar refractivity (Wildman–Crippen MR) is 84.4 cm³/mol. The highest BCUT2D eigenvalue weighted by Crippen LogP contribution is 2.35. The van der Waals surface area contributed by atoms with E-state index in [0.717, 1.165) is 35.2 Å². The molecule has 2 unspecified atom stereocenters. The van der Waals surface area contributed by atoms with Crippen LogP contribution in [0.5, 0.6) is 0 Å². The van der Waals surface area contributed by atoms with Gasteiger partial charge in [0.25, 0.3) is 0 Å². The number of fused-ring (bicyclic) bond motifs is 1. The molecule has 2 saturated heterocycles. The van der Waals surface area contributed by atoms with Crippen molar-refractivity contribution in [2.75, 3.05) is 32.7 Å². The summed E-state index contributed by atoms with van der Waals surface area (Å²) in [7, 11) is 0. The number of halogens is 2. The maximum atomic E-state index is 6.36. The summed E-state index contributed by atoms with van der Waals surface area (Å²) in [6.07, 6.45) is 2.61. The van der Waals surface area contributed by atoms with Gasteiger partial charge in [0.2, 0.25) is 0 Å². The summed E-state index contributed by atoms with van der Waals surface area (Å²) < 4.78 is 0. The lowest BCUT2D eigenvalue weighted by atomic mass is 10.0. The molecule has 2 fully saturated rings. The molecule has 0 saturated carbocycles. The Morgan fingerprint density at radius 3 is 2.65 bits per heavy atom. The van der Waals surface area contributed by atoms with Crippen molar-refractivity contribution < 1.29 is 0 Å². The van der Waals surface area contributed by atoms with Crippen LogP contribution in [0, 0.1) is 0 Å². The number of nitrogens with zero attached hydrogens (tertiary/aromatic N) is 2. The summed E-state index contributed by atoms with van der Waals surface area (Å²) in [5, 5.41) is 1.45. The van der Waals surface area contributed by atoms with E-state index in [1.54, 1.807) is 0 Å². The third-order valence-electron chi connectivity index (χ3n) is 4.62. The second-order valence-corrected chi connectivity index (χ2v) is 6.53. The van der Waals surface area contributed by atoms with Gasteiger partial charge in [-0.25, -0.2) is 0 Å². The van der Waals surface area contributed by atoms with Crippen LogP contribution in [-0.4, -0.2) is 48.6 Å². The van der Waals surface area contributed by atoms with E-state index in [1.165, 1.54) is 19.4 Å². The monoisotopic (exact) mass is 313 g/mol. The molecule has 0 aromatic heterocycles. The van der Waals surface area contributed by atoms with Crippen molar-refractivity contribution in [3.05, 3.63) is 33.8 Å². The molecule has 0 aliphatic carbocycles. The fourth-order valence-electron chi connectivity index (χ4n) is 3.58. The smallest absolute Gasteiger partial charge is 0.0501 e. The minimum absolute atomic E-state index is 0.124. The van der Waals surface area contributed by atoms with Crippen molar-refractivity contribution in [2.24, 2.45) is 5.73 Å². The SMILES string of the molecule is NCC(c1c(Cl)cccc1Cl)N1CCN2CCCC2C1. The van der Waals surface area contributed by atoms with Crippen LogP contribution in [0.15, 0.2) is 18.2 Å². The third kappa shape index (κ3) is 2.70. The fraction of sp³-hybridized carbons (Fsp3) is 0.600. The molecule has 0 spiro atoms. The molecule has 20 heavy (non-hydrogen) atoms. The van der Waals surface area contributed by atoms with Gasteiger partial charge in [-0.3, -0.25) is 9.80 Å². The van der Waals surface area contributed by atoms with Crippen LogP contribution in [0.25, 0.3) is 0 Å². The summed E-state index contributed by atoms with van der Waals surface area (Å²) >= 11 is 12.7. The molecule has 3 rings (SSSR count). The Hall–Kier alpha value is -0.320. The van der Waals surface area contributed by atoms with Gasteiger partial charge in [-0.2, -0.15) is 0 Å². The maximum absolute atomic E-state index is 6.36. The van der Waals surface area contributed by atoms with E-state index >= 15 is 0 Å². The third-order valence-corrected chi connectivity index (χ3v) is 5.27. The fourth-order valence-corrected chi connectivity index (χ4v) is 4.23. The first-order chi connectivity index (χ1) is 9.70. The summed E-state index contributed by atoms with van der Waals surface area (Å²) in [5.74, 6) is 0. The van der Waals surface area contributed by atoms with Gasteiger partial charge < -0.3 is 5.73 Å². The number of piperazine rings is 1. The van der Waals surface area contributed by atoms with Crippen LogP contribution in [-0.2, 0) is 0 Å². The minimum Gasteiger partial charge on any atom is -0.329 e. The van der Waals surface area contributed by atoms with Crippen LogP contribution >= 0.6 is 23.2 Å². The van der Waals surface area contributed by atoms with Crippen molar-refractivity contribution in [2.45, 2.75) is 24.9 Å². The Morgan fingerprint density at radius 1 is 1.20 bits per heavy atom. The van der Waals surface area contributed by atoms with E-state index in [0.29, 0.717) is 12.6 Å². The highest BCUT2D eigenvalue weighted by molar-refractivity contribution is 6.36. The predicted octanol–water partition coefficient (Wildman–Crippen LogP) is 2.77. The average Bonchev–Trinajstić information content (AvgIpc) is 2.90. The van der Waals surface area contributed by atoms with Crippen molar-refractivity contribution in [3.63, 3.8) is 0 Å². The molecule has 1 aromatic rings. The summed E-state index contributed by atoms with van der Waals surface area (Å²) in [4.78, 5) is 5.05. The van der Waals surface area contributed by atoms with E-state index in [9.17, 15) is 0 Å². The van der Waals surface area contributed by atoms with Gasteiger partial charge in [0.05, 0.1) is 6.04 Å². The zero-order chi connectivity index (χ0) is 14.1. The Morgan fingerprint density at radius 2 is 1.95 bits per heavy atom. The topological polar surface area (TPSA) is 32.5 Å². The van der Waals surface area contributed by atoms with E-state index < -0.39 is 0 Å². The van der Waals surface area contributed by atoms with Crippen LogP contribution in [0.1, 0.15) is 24.4 Å². The first-order valence-electron chi connectivity index (χ1n) is 7.32. The molecule has 2 aliphatic rings. The Bertz CT molecular complexity index is 460. The number of nitrogens with two attached hydrogens (primary N) is 1. The summed E-state index contributed by atoms with van der Waals surface area (Å²) in [6, 6.07) is 6.49. The Balaban J connectivity index is 1.83. The zero-order valence-electron chi connectivity index (χ0n) is 11.6. The Kier molecular flexibility index (Phi) is 4.53. The second kappa shape index (κ2) is 6.20. The first-order valence-corrected chi connectivity index (χ1v) is 8.08. The van der Waals surface area contributed by atoms with Crippen LogP contribution in [0.3, 0.4) is 0 Å². The highest BCUT2D eigenvalue weighted by atomic mass is 35.5. The number of rotatable bonds is 3. The van der Waals surface area contributed by atoms with Crippen LogP contribution in [0.4, 0.5) is 0 Å². The molecule has 0 amide bonds. The first kappa shape index (κ1) is 14.6. The normalized spacial score (nSPS) is 25.6. The van der Waals surface area contributed by atoms with Gasteiger partial charge in [-0.15, -0.1) is 0 Å². The van der Waals surface area contributed by atoms with Gasteiger partial charge in [-0.1, -0.05) is 29.3 Å². The largest absolute Gasteiger partial charge is 0.329 e. The lowest BCUT2D eigenvalue weighted by Gasteiger charge is -2.41. The molecule has 110 valence electrons. The molecule has 2 heterocycles. The van der Waals surface area contributed by atoms with Crippen LogP contribution in [0.2, 0.25) is 10.0 Å². The Labute approximate surface area is 130 Å².